The van der Waals surface area contributed by atoms with Gasteiger partial charge in [-0.15, -0.1) is 5.10 Å². The number of aromatic nitrogens is 2. The van der Waals surface area contributed by atoms with E-state index in [2.05, 4.69) is 15.5 Å². The Kier molecular flexibility index (Phi) is 5.22. The summed E-state index contributed by atoms with van der Waals surface area (Å²) in [6.07, 6.45) is 3.09. The van der Waals surface area contributed by atoms with Gasteiger partial charge in [0, 0.05) is 24.0 Å². The van der Waals surface area contributed by atoms with Crippen LogP contribution in [0.5, 0.6) is 11.6 Å². The standard InChI is InChI=1S/C15H18N4O2/c1-2-5-13(16)15(20)18-11-6-3-7-12(10-11)21-14-8-4-9-17-19-14/h3-4,6-10,13H,2,5,16H2,1H3,(H,18,20). The van der Waals surface area contributed by atoms with Crippen LogP contribution in [0.2, 0.25) is 0 Å². The summed E-state index contributed by atoms with van der Waals surface area (Å²) < 4.78 is 5.55. The summed E-state index contributed by atoms with van der Waals surface area (Å²) in [5.41, 5.74) is 6.41. The topological polar surface area (TPSA) is 90.1 Å². The zero-order valence-electron chi connectivity index (χ0n) is 11.8. The molecule has 1 unspecified atom stereocenters. The van der Waals surface area contributed by atoms with Crippen molar-refractivity contribution in [1.82, 2.24) is 10.2 Å². The van der Waals surface area contributed by atoms with Crippen LogP contribution in [-0.2, 0) is 4.79 Å². The Bertz CT molecular complexity index is 589. The molecule has 21 heavy (non-hydrogen) atoms. The van der Waals surface area contributed by atoms with E-state index in [1.54, 1.807) is 42.6 Å². The molecule has 3 N–H and O–H groups in total. The van der Waals surface area contributed by atoms with Crippen LogP contribution in [0.25, 0.3) is 0 Å². The summed E-state index contributed by atoms with van der Waals surface area (Å²) in [5.74, 6) is 0.759. The second kappa shape index (κ2) is 7.35. The molecule has 0 bridgehead atoms. The molecule has 0 aliphatic heterocycles. The fourth-order valence-electron chi connectivity index (χ4n) is 1.78. The van der Waals surface area contributed by atoms with Gasteiger partial charge >= 0.3 is 0 Å². The highest BCUT2D eigenvalue weighted by molar-refractivity contribution is 5.94. The van der Waals surface area contributed by atoms with Crippen LogP contribution in [-0.4, -0.2) is 22.1 Å². The maximum atomic E-state index is 11.9. The van der Waals surface area contributed by atoms with Gasteiger partial charge in [-0.3, -0.25) is 4.79 Å². The second-order valence-corrected chi connectivity index (χ2v) is 4.58. The molecule has 0 saturated heterocycles. The highest BCUT2D eigenvalue weighted by Crippen LogP contribution is 2.22. The number of anilines is 1. The Morgan fingerprint density at radius 1 is 1.38 bits per heavy atom. The lowest BCUT2D eigenvalue weighted by atomic mass is 10.1. The minimum absolute atomic E-state index is 0.200. The fraction of sp³-hybridized carbons (Fsp3) is 0.267. The van der Waals surface area contributed by atoms with Crippen LogP contribution >= 0.6 is 0 Å². The van der Waals surface area contributed by atoms with Gasteiger partial charge in [-0.25, -0.2) is 0 Å². The predicted molar refractivity (Wildman–Crippen MR) is 80.1 cm³/mol. The number of rotatable bonds is 6. The Labute approximate surface area is 123 Å². The van der Waals surface area contributed by atoms with E-state index >= 15 is 0 Å². The van der Waals surface area contributed by atoms with Crippen molar-refractivity contribution in [3.63, 3.8) is 0 Å². The number of ether oxygens (including phenoxy) is 1. The average Bonchev–Trinajstić information content (AvgIpc) is 2.49. The molecule has 1 atom stereocenters. The molecule has 1 amide bonds. The Morgan fingerprint density at radius 2 is 2.24 bits per heavy atom. The van der Waals surface area contributed by atoms with E-state index in [0.717, 1.165) is 6.42 Å². The quantitative estimate of drug-likeness (QED) is 0.850. The molecule has 0 aliphatic carbocycles. The van der Waals surface area contributed by atoms with Crippen molar-refractivity contribution in [2.24, 2.45) is 5.73 Å². The molecule has 2 aromatic rings. The lowest BCUT2D eigenvalue weighted by Crippen LogP contribution is -2.35. The van der Waals surface area contributed by atoms with Gasteiger partial charge in [0.2, 0.25) is 11.8 Å². The number of carbonyl (C=O) groups is 1. The van der Waals surface area contributed by atoms with Gasteiger partial charge in [0.25, 0.3) is 0 Å². The summed E-state index contributed by atoms with van der Waals surface area (Å²) in [7, 11) is 0. The van der Waals surface area contributed by atoms with Crippen LogP contribution in [0.15, 0.2) is 42.6 Å². The van der Waals surface area contributed by atoms with E-state index in [4.69, 9.17) is 10.5 Å². The molecule has 1 aromatic carbocycles. The monoisotopic (exact) mass is 286 g/mol. The molecule has 110 valence electrons. The molecule has 1 heterocycles. The van der Waals surface area contributed by atoms with Crippen molar-refractivity contribution < 1.29 is 9.53 Å². The zero-order valence-corrected chi connectivity index (χ0v) is 11.8. The maximum absolute atomic E-state index is 11.9. The summed E-state index contributed by atoms with van der Waals surface area (Å²) >= 11 is 0. The van der Waals surface area contributed by atoms with Gasteiger partial charge in [-0.2, -0.15) is 5.10 Å². The van der Waals surface area contributed by atoms with Gasteiger partial charge in [0.05, 0.1) is 6.04 Å². The van der Waals surface area contributed by atoms with Crippen molar-refractivity contribution in [3.8, 4) is 11.6 Å². The lowest BCUT2D eigenvalue weighted by Gasteiger charge is -2.12. The molecule has 6 nitrogen and oxygen atoms in total. The van der Waals surface area contributed by atoms with Gasteiger partial charge < -0.3 is 15.8 Å². The first-order valence-corrected chi connectivity index (χ1v) is 6.81. The van der Waals surface area contributed by atoms with Gasteiger partial charge in [-0.1, -0.05) is 19.4 Å². The van der Waals surface area contributed by atoms with Crippen LogP contribution in [0.1, 0.15) is 19.8 Å². The predicted octanol–water partition coefficient (Wildman–Crippen LogP) is 2.33. The molecular weight excluding hydrogens is 268 g/mol. The van der Waals surface area contributed by atoms with E-state index in [1.807, 2.05) is 6.92 Å². The molecule has 2 rings (SSSR count). The third-order valence-electron chi connectivity index (χ3n) is 2.81. The Balaban J connectivity index is 2.02. The molecule has 0 fully saturated rings. The summed E-state index contributed by atoms with van der Waals surface area (Å²) in [6, 6.07) is 9.99. The third kappa shape index (κ3) is 4.54. The van der Waals surface area contributed by atoms with Crippen LogP contribution in [0.4, 0.5) is 5.69 Å². The Hall–Kier alpha value is -2.47. The number of carbonyl (C=O) groups excluding carboxylic acids is 1. The van der Waals surface area contributed by atoms with Crippen LogP contribution in [0.3, 0.4) is 0 Å². The first-order valence-electron chi connectivity index (χ1n) is 6.81. The normalized spacial score (nSPS) is 11.7. The molecule has 1 aromatic heterocycles. The van der Waals surface area contributed by atoms with Gasteiger partial charge in [0.15, 0.2) is 0 Å². The van der Waals surface area contributed by atoms with Crippen LogP contribution in [0, 0.1) is 0 Å². The third-order valence-corrected chi connectivity index (χ3v) is 2.81. The van der Waals surface area contributed by atoms with Crippen molar-refractivity contribution in [2.75, 3.05) is 5.32 Å². The first-order chi connectivity index (χ1) is 10.2. The van der Waals surface area contributed by atoms with E-state index < -0.39 is 6.04 Å². The number of nitrogens with two attached hydrogens (primary N) is 1. The average molecular weight is 286 g/mol. The minimum Gasteiger partial charge on any atom is -0.437 e. The number of hydrogen-bond acceptors (Lipinski definition) is 5. The largest absolute Gasteiger partial charge is 0.437 e. The smallest absolute Gasteiger partial charge is 0.241 e. The van der Waals surface area contributed by atoms with Crippen LogP contribution < -0.4 is 15.8 Å². The lowest BCUT2D eigenvalue weighted by molar-refractivity contribution is -0.117. The summed E-state index contributed by atoms with van der Waals surface area (Å²) in [4.78, 5) is 11.9. The number of hydrogen-bond donors (Lipinski definition) is 2. The fourth-order valence-corrected chi connectivity index (χ4v) is 1.78. The molecule has 6 heteroatoms. The van der Waals surface area contributed by atoms with E-state index in [0.29, 0.717) is 23.7 Å². The summed E-state index contributed by atoms with van der Waals surface area (Å²) in [5, 5.41) is 10.3. The van der Waals surface area contributed by atoms with Crippen molar-refractivity contribution in [2.45, 2.75) is 25.8 Å². The van der Waals surface area contributed by atoms with E-state index in [1.165, 1.54) is 0 Å². The van der Waals surface area contributed by atoms with Crippen molar-refractivity contribution in [3.05, 3.63) is 42.6 Å². The first kappa shape index (κ1) is 14.9. The van der Waals surface area contributed by atoms with Crippen molar-refractivity contribution >= 4 is 11.6 Å². The SMILES string of the molecule is CCCC(N)C(=O)Nc1cccc(Oc2cccnn2)c1. The van der Waals surface area contributed by atoms with E-state index in [-0.39, 0.29) is 5.91 Å². The summed E-state index contributed by atoms with van der Waals surface area (Å²) in [6.45, 7) is 1.99. The number of nitrogens with zero attached hydrogens (tertiary/aromatic N) is 2. The second-order valence-electron chi connectivity index (χ2n) is 4.58. The molecular formula is C15H18N4O2. The number of amides is 1. The zero-order chi connectivity index (χ0) is 15.1. The maximum Gasteiger partial charge on any atom is 0.241 e. The number of benzene rings is 1. The van der Waals surface area contributed by atoms with Gasteiger partial charge in [-0.05, 0) is 24.6 Å². The molecule has 0 spiro atoms. The highest BCUT2D eigenvalue weighted by atomic mass is 16.5. The number of nitrogens with one attached hydrogen (secondary N) is 1. The van der Waals surface area contributed by atoms with E-state index in [9.17, 15) is 4.79 Å². The molecule has 0 radical (unpaired) electrons. The van der Waals surface area contributed by atoms with Gasteiger partial charge in [0.1, 0.15) is 5.75 Å². The minimum atomic E-state index is -0.500. The van der Waals surface area contributed by atoms with Crippen molar-refractivity contribution in [1.29, 1.82) is 0 Å². The highest BCUT2D eigenvalue weighted by Gasteiger charge is 2.12. The molecule has 0 aliphatic rings. The Morgan fingerprint density at radius 3 is 2.95 bits per heavy atom. The molecule has 0 saturated carbocycles.